The lowest BCUT2D eigenvalue weighted by Crippen LogP contribution is -2.56. The second-order valence-electron chi connectivity index (χ2n) is 8.15. The van der Waals surface area contributed by atoms with Gasteiger partial charge in [-0.15, -0.1) is 0 Å². The van der Waals surface area contributed by atoms with Crippen molar-refractivity contribution in [3.63, 3.8) is 0 Å². The fraction of sp³-hybridized carbons (Fsp3) is 0.500. The Balaban J connectivity index is 3.03. The number of carboxylic acids is 2. The van der Waals surface area contributed by atoms with E-state index >= 15 is 0 Å². The van der Waals surface area contributed by atoms with E-state index in [0.717, 1.165) is 0 Å². The summed E-state index contributed by atoms with van der Waals surface area (Å²) in [4.78, 5) is 59.7. The molecule has 6 N–H and O–H groups in total. The second kappa shape index (κ2) is 13.0. The van der Waals surface area contributed by atoms with Crippen LogP contribution in [0.15, 0.2) is 24.3 Å². The normalized spacial score (nSPS) is 13.5. The highest BCUT2D eigenvalue weighted by Gasteiger charge is 2.30. The van der Waals surface area contributed by atoms with Crippen LogP contribution in [-0.4, -0.2) is 63.1 Å². The molecule has 0 radical (unpaired) electrons. The Bertz CT molecular complexity index is 854. The third-order valence-electron chi connectivity index (χ3n) is 4.67. The molecule has 0 spiro atoms. The van der Waals surface area contributed by atoms with Crippen LogP contribution < -0.4 is 16.0 Å². The third kappa shape index (κ3) is 10.5. The molecule has 1 rings (SSSR count). The molecule has 0 saturated carbocycles. The Morgan fingerprint density at radius 3 is 1.88 bits per heavy atom. The maximum absolute atomic E-state index is 12.9. The van der Waals surface area contributed by atoms with Crippen LogP contribution >= 0.6 is 0 Å². The highest BCUT2D eigenvalue weighted by atomic mass is 16.4. The number of carbonyl (C=O) groups excluding carboxylic acids is 3. The number of aromatic hydroxyl groups is 1. The lowest BCUT2D eigenvalue weighted by Gasteiger charge is -2.24. The quantitative estimate of drug-likeness (QED) is 0.242. The summed E-state index contributed by atoms with van der Waals surface area (Å²) >= 11 is 0. The van der Waals surface area contributed by atoms with E-state index in [1.807, 2.05) is 0 Å². The van der Waals surface area contributed by atoms with Gasteiger partial charge in [0, 0.05) is 19.8 Å². The number of nitrogens with one attached hydrogen (secondary N) is 3. The second-order valence-corrected chi connectivity index (χ2v) is 8.15. The number of rotatable bonds is 13. The minimum Gasteiger partial charge on any atom is -0.508 e. The molecule has 11 nitrogen and oxygen atoms in total. The zero-order valence-corrected chi connectivity index (χ0v) is 18.8. The summed E-state index contributed by atoms with van der Waals surface area (Å²) in [5.74, 6) is -4.51. The lowest BCUT2D eigenvalue weighted by molar-refractivity contribution is -0.143. The predicted octanol–water partition coefficient (Wildman–Crippen LogP) is 0.405. The van der Waals surface area contributed by atoms with E-state index < -0.39 is 54.2 Å². The van der Waals surface area contributed by atoms with Crippen molar-refractivity contribution in [2.75, 3.05) is 0 Å². The molecule has 182 valence electrons. The van der Waals surface area contributed by atoms with Gasteiger partial charge in [0.15, 0.2) is 0 Å². The summed E-state index contributed by atoms with van der Waals surface area (Å²) in [6.07, 6.45) is -0.518. The molecule has 33 heavy (non-hydrogen) atoms. The van der Waals surface area contributed by atoms with E-state index in [-0.39, 0.29) is 30.9 Å². The van der Waals surface area contributed by atoms with Crippen molar-refractivity contribution in [2.24, 2.45) is 5.92 Å². The van der Waals surface area contributed by atoms with Gasteiger partial charge >= 0.3 is 11.9 Å². The van der Waals surface area contributed by atoms with Gasteiger partial charge in [-0.25, -0.2) is 4.79 Å². The summed E-state index contributed by atoms with van der Waals surface area (Å²) < 4.78 is 0. The molecular weight excluding hydrogens is 434 g/mol. The third-order valence-corrected chi connectivity index (χ3v) is 4.67. The number of aliphatic carboxylic acids is 2. The highest BCUT2D eigenvalue weighted by Crippen LogP contribution is 2.12. The van der Waals surface area contributed by atoms with Crippen LogP contribution in [0.25, 0.3) is 0 Å². The first-order valence-electron chi connectivity index (χ1n) is 10.5. The maximum atomic E-state index is 12.9. The van der Waals surface area contributed by atoms with Gasteiger partial charge in [0.2, 0.25) is 17.7 Å². The first-order valence-corrected chi connectivity index (χ1v) is 10.5. The molecule has 11 heteroatoms. The smallest absolute Gasteiger partial charge is 0.326 e. The number of phenolic OH excluding ortho intramolecular Hbond substituents is 1. The molecule has 0 heterocycles. The Morgan fingerprint density at radius 2 is 1.39 bits per heavy atom. The van der Waals surface area contributed by atoms with Gasteiger partial charge in [0.1, 0.15) is 23.9 Å². The zero-order chi connectivity index (χ0) is 25.1. The molecule has 0 bridgehead atoms. The van der Waals surface area contributed by atoms with Crippen molar-refractivity contribution >= 4 is 29.7 Å². The molecule has 3 amide bonds. The fourth-order valence-electron chi connectivity index (χ4n) is 3.10. The average Bonchev–Trinajstić information content (AvgIpc) is 2.70. The monoisotopic (exact) mass is 465 g/mol. The van der Waals surface area contributed by atoms with Gasteiger partial charge in [0.25, 0.3) is 0 Å². The zero-order valence-electron chi connectivity index (χ0n) is 18.8. The number of hydrogen-bond donors (Lipinski definition) is 6. The number of carboxylic acid groups (broad SMARTS) is 2. The van der Waals surface area contributed by atoms with Crippen molar-refractivity contribution in [1.29, 1.82) is 0 Å². The Kier molecular flexibility index (Phi) is 10.8. The SMILES string of the molecule is CC(=O)N[C@@H](Cc1ccc(O)cc1)C(=O)N[C@@H](CCC(=O)O)C(=O)N[C@@H](CC(C)C)C(=O)O. The molecule has 3 atom stereocenters. The number of amides is 3. The fourth-order valence-corrected chi connectivity index (χ4v) is 3.10. The molecule has 0 fully saturated rings. The Hall–Kier alpha value is -3.63. The van der Waals surface area contributed by atoms with Crippen molar-refractivity contribution in [2.45, 2.75) is 64.6 Å². The number of benzene rings is 1. The molecule has 0 saturated heterocycles. The van der Waals surface area contributed by atoms with Crippen LogP contribution in [-0.2, 0) is 30.4 Å². The maximum Gasteiger partial charge on any atom is 0.326 e. The molecule has 0 aliphatic heterocycles. The van der Waals surface area contributed by atoms with Crippen molar-refractivity contribution in [3.05, 3.63) is 29.8 Å². The van der Waals surface area contributed by atoms with E-state index in [1.54, 1.807) is 26.0 Å². The summed E-state index contributed by atoms with van der Waals surface area (Å²) in [6.45, 7) is 4.79. The molecule has 0 aromatic heterocycles. The van der Waals surface area contributed by atoms with Crippen molar-refractivity contribution in [3.8, 4) is 5.75 Å². The summed E-state index contributed by atoms with van der Waals surface area (Å²) in [5.41, 5.74) is 0.621. The largest absolute Gasteiger partial charge is 0.508 e. The van der Waals surface area contributed by atoms with Crippen LogP contribution in [0.5, 0.6) is 5.75 Å². The summed E-state index contributed by atoms with van der Waals surface area (Å²) in [7, 11) is 0. The van der Waals surface area contributed by atoms with Gasteiger partial charge in [0.05, 0.1) is 0 Å². The highest BCUT2D eigenvalue weighted by molar-refractivity contribution is 5.93. The van der Waals surface area contributed by atoms with Crippen LogP contribution in [0.4, 0.5) is 0 Å². The average molecular weight is 466 g/mol. The first kappa shape index (κ1) is 27.4. The standard InChI is InChI=1S/C22H31N3O8/c1-12(2)10-18(22(32)33)25-20(30)16(8-9-19(28)29)24-21(31)17(23-13(3)26)11-14-4-6-15(27)7-5-14/h4-7,12,16-18,27H,8-11H2,1-3H3,(H,23,26)(H,24,31)(H,25,30)(H,28,29)(H,32,33)/t16-,17-,18-/m0/s1. The summed E-state index contributed by atoms with van der Waals surface area (Å²) in [6, 6.07) is 2.36. The topological polar surface area (TPSA) is 182 Å². The Morgan fingerprint density at radius 1 is 0.848 bits per heavy atom. The van der Waals surface area contributed by atoms with Gasteiger partial charge < -0.3 is 31.3 Å². The van der Waals surface area contributed by atoms with Crippen molar-refractivity contribution < 1.29 is 39.3 Å². The Labute approximate surface area is 191 Å². The molecule has 0 unspecified atom stereocenters. The van der Waals surface area contributed by atoms with E-state index in [0.29, 0.717) is 5.56 Å². The summed E-state index contributed by atoms with van der Waals surface area (Å²) in [5, 5.41) is 35.0. The van der Waals surface area contributed by atoms with Gasteiger partial charge in [-0.2, -0.15) is 0 Å². The van der Waals surface area contributed by atoms with E-state index in [9.17, 15) is 34.2 Å². The minimum absolute atomic E-state index is 0.0269. The van der Waals surface area contributed by atoms with E-state index in [4.69, 9.17) is 5.11 Å². The molecule has 0 aliphatic carbocycles. The van der Waals surface area contributed by atoms with Gasteiger partial charge in [-0.1, -0.05) is 26.0 Å². The van der Waals surface area contributed by atoms with Gasteiger partial charge in [-0.3, -0.25) is 19.2 Å². The number of phenols is 1. The lowest BCUT2D eigenvalue weighted by atomic mass is 10.0. The predicted molar refractivity (Wildman–Crippen MR) is 117 cm³/mol. The molecule has 1 aromatic carbocycles. The van der Waals surface area contributed by atoms with Crippen LogP contribution in [0.2, 0.25) is 0 Å². The molecule has 0 aliphatic rings. The van der Waals surface area contributed by atoms with E-state index in [2.05, 4.69) is 16.0 Å². The number of hydrogen-bond acceptors (Lipinski definition) is 6. The number of carbonyl (C=O) groups is 5. The minimum atomic E-state index is -1.32. The van der Waals surface area contributed by atoms with Crippen LogP contribution in [0, 0.1) is 5.92 Å². The van der Waals surface area contributed by atoms with Crippen LogP contribution in [0.3, 0.4) is 0 Å². The molecular formula is C22H31N3O8. The first-order chi connectivity index (χ1) is 15.4. The van der Waals surface area contributed by atoms with Crippen LogP contribution in [0.1, 0.15) is 45.6 Å². The van der Waals surface area contributed by atoms with Gasteiger partial charge in [-0.05, 0) is 36.5 Å². The van der Waals surface area contributed by atoms with Crippen molar-refractivity contribution in [1.82, 2.24) is 16.0 Å². The molecule has 1 aromatic rings. The van der Waals surface area contributed by atoms with E-state index in [1.165, 1.54) is 19.1 Å².